The summed E-state index contributed by atoms with van der Waals surface area (Å²) in [6.07, 6.45) is 2.20. The molecule has 0 aliphatic carbocycles. The summed E-state index contributed by atoms with van der Waals surface area (Å²) in [5.41, 5.74) is 1.22. The van der Waals surface area contributed by atoms with Crippen molar-refractivity contribution in [1.29, 1.82) is 0 Å². The summed E-state index contributed by atoms with van der Waals surface area (Å²) >= 11 is 5.63. The average molecular weight is 230 g/mol. The molecule has 0 saturated heterocycles. The van der Waals surface area contributed by atoms with Crippen LogP contribution in [0.15, 0.2) is 11.4 Å². The highest BCUT2D eigenvalue weighted by atomic mass is 32.1. The van der Waals surface area contributed by atoms with Crippen molar-refractivity contribution in [3.63, 3.8) is 0 Å². The Hall–Kier alpha value is -0.280. The first-order chi connectivity index (χ1) is 6.65. The van der Waals surface area contributed by atoms with Crippen molar-refractivity contribution in [2.45, 2.75) is 33.6 Å². The normalized spacial score (nSPS) is 9.14. The summed E-state index contributed by atoms with van der Waals surface area (Å²) in [7, 11) is 0. The minimum atomic E-state index is 0.153. The minimum absolute atomic E-state index is 0.153. The predicted molar refractivity (Wildman–Crippen MR) is 67.8 cm³/mol. The van der Waals surface area contributed by atoms with Crippen molar-refractivity contribution >= 4 is 29.7 Å². The molecule has 0 N–H and O–H groups in total. The van der Waals surface area contributed by atoms with E-state index in [-0.39, 0.29) is 5.78 Å². The standard InChI is InChI=1S/C8H10OS2.C3H8/c1-6(9)8-4-7(2-3-10)5-11-8;1-3-2/h4-5,10H,2-3H2,1H3;3H2,1-2H3. The van der Waals surface area contributed by atoms with E-state index < -0.39 is 0 Å². The molecule has 80 valence electrons. The van der Waals surface area contributed by atoms with Crippen LogP contribution in [0.3, 0.4) is 0 Å². The molecule has 0 spiro atoms. The van der Waals surface area contributed by atoms with Gasteiger partial charge in [0.15, 0.2) is 5.78 Å². The lowest BCUT2D eigenvalue weighted by Gasteiger charge is -1.87. The second-order valence-electron chi connectivity index (χ2n) is 3.06. The van der Waals surface area contributed by atoms with Gasteiger partial charge in [0.05, 0.1) is 4.88 Å². The van der Waals surface area contributed by atoms with E-state index >= 15 is 0 Å². The van der Waals surface area contributed by atoms with E-state index in [2.05, 4.69) is 26.5 Å². The Labute approximate surface area is 95.9 Å². The zero-order valence-corrected chi connectivity index (χ0v) is 10.8. The molecular weight excluding hydrogens is 212 g/mol. The first-order valence-corrected chi connectivity index (χ1v) is 6.36. The molecule has 0 bridgehead atoms. The molecule has 3 heteroatoms. The van der Waals surface area contributed by atoms with Crippen LogP contribution in [0.2, 0.25) is 0 Å². The molecule has 0 unspecified atom stereocenters. The lowest BCUT2D eigenvalue weighted by molar-refractivity contribution is 0.102. The molecule has 1 nitrogen and oxygen atoms in total. The number of ketones is 1. The first kappa shape index (κ1) is 13.7. The summed E-state index contributed by atoms with van der Waals surface area (Å²) in [6.45, 7) is 5.84. The van der Waals surface area contributed by atoms with Crippen LogP contribution in [0.1, 0.15) is 42.4 Å². The van der Waals surface area contributed by atoms with Crippen LogP contribution in [0, 0.1) is 0 Å². The monoisotopic (exact) mass is 230 g/mol. The smallest absolute Gasteiger partial charge is 0.169 e. The molecular formula is C11H18OS2. The Bertz CT molecular complexity index is 266. The van der Waals surface area contributed by atoms with Gasteiger partial charge in [0.1, 0.15) is 0 Å². The third kappa shape index (κ3) is 5.45. The fourth-order valence-electron chi connectivity index (χ4n) is 0.820. The Kier molecular flexibility index (Phi) is 7.90. The number of thiol groups is 1. The van der Waals surface area contributed by atoms with E-state index in [4.69, 9.17) is 0 Å². The zero-order valence-electron chi connectivity index (χ0n) is 9.04. The minimum Gasteiger partial charge on any atom is -0.294 e. The Morgan fingerprint density at radius 2 is 2.07 bits per heavy atom. The van der Waals surface area contributed by atoms with Gasteiger partial charge in [-0.1, -0.05) is 20.3 Å². The number of aryl methyl sites for hydroxylation is 1. The van der Waals surface area contributed by atoms with Crippen molar-refractivity contribution in [1.82, 2.24) is 0 Å². The fraction of sp³-hybridized carbons (Fsp3) is 0.545. The van der Waals surface area contributed by atoms with E-state index in [9.17, 15) is 4.79 Å². The molecule has 0 aliphatic rings. The number of Topliss-reactive ketones (excluding diaryl/α,β-unsaturated/α-hetero) is 1. The second-order valence-corrected chi connectivity index (χ2v) is 4.41. The maximum atomic E-state index is 10.9. The molecule has 0 saturated carbocycles. The second kappa shape index (κ2) is 8.06. The highest BCUT2D eigenvalue weighted by Gasteiger charge is 2.02. The lowest BCUT2D eigenvalue weighted by Crippen LogP contribution is -1.86. The maximum absolute atomic E-state index is 10.9. The van der Waals surface area contributed by atoms with Gasteiger partial charge in [-0.2, -0.15) is 12.6 Å². The third-order valence-electron chi connectivity index (χ3n) is 1.40. The molecule has 0 aliphatic heterocycles. The Balaban J connectivity index is 0.000000500. The molecule has 0 radical (unpaired) electrons. The molecule has 0 atom stereocenters. The van der Waals surface area contributed by atoms with Crippen LogP contribution >= 0.6 is 24.0 Å². The van der Waals surface area contributed by atoms with Crippen LogP contribution in [-0.2, 0) is 6.42 Å². The van der Waals surface area contributed by atoms with Crippen molar-refractivity contribution in [3.05, 3.63) is 21.9 Å². The fourth-order valence-corrected chi connectivity index (χ4v) is 1.93. The number of thiophene rings is 1. The van der Waals surface area contributed by atoms with Crippen molar-refractivity contribution < 1.29 is 4.79 Å². The summed E-state index contributed by atoms with van der Waals surface area (Å²) in [5, 5.41) is 2.02. The van der Waals surface area contributed by atoms with E-state index in [1.807, 2.05) is 11.4 Å². The summed E-state index contributed by atoms with van der Waals surface area (Å²) in [5.74, 6) is 0.995. The molecule has 14 heavy (non-hydrogen) atoms. The van der Waals surface area contributed by atoms with Crippen molar-refractivity contribution in [2.75, 3.05) is 5.75 Å². The molecule has 0 aromatic carbocycles. The van der Waals surface area contributed by atoms with Gasteiger partial charge < -0.3 is 0 Å². The number of rotatable bonds is 3. The largest absolute Gasteiger partial charge is 0.294 e. The lowest BCUT2D eigenvalue weighted by atomic mass is 10.2. The molecule has 1 aromatic rings. The highest BCUT2D eigenvalue weighted by molar-refractivity contribution is 7.80. The Morgan fingerprint density at radius 3 is 2.43 bits per heavy atom. The van der Waals surface area contributed by atoms with Gasteiger partial charge in [0, 0.05) is 0 Å². The van der Waals surface area contributed by atoms with Gasteiger partial charge in [-0.3, -0.25) is 4.79 Å². The third-order valence-corrected chi connectivity index (χ3v) is 2.70. The quantitative estimate of drug-likeness (QED) is 0.617. The average Bonchev–Trinajstić information content (AvgIpc) is 2.55. The number of hydrogen-bond acceptors (Lipinski definition) is 3. The van der Waals surface area contributed by atoms with E-state index in [0.717, 1.165) is 17.1 Å². The number of carbonyl (C=O) groups excluding carboxylic acids is 1. The van der Waals surface area contributed by atoms with Gasteiger partial charge in [0.25, 0.3) is 0 Å². The van der Waals surface area contributed by atoms with Gasteiger partial charge in [-0.25, -0.2) is 0 Å². The van der Waals surface area contributed by atoms with Crippen LogP contribution in [0.4, 0.5) is 0 Å². The topological polar surface area (TPSA) is 17.1 Å². The first-order valence-electron chi connectivity index (χ1n) is 4.84. The predicted octanol–water partition coefficient (Wildman–Crippen LogP) is 3.84. The molecule has 0 amide bonds. The zero-order chi connectivity index (χ0) is 11.0. The van der Waals surface area contributed by atoms with Crippen molar-refractivity contribution in [2.24, 2.45) is 0 Å². The number of hydrogen-bond donors (Lipinski definition) is 1. The van der Waals surface area contributed by atoms with Gasteiger partial charge in [-0.15, -0.1) is 11.3 Å². The highest BCUT2D eigenvalue weighted by Crippen LogP contribution is 2.15. The summed E-state index contributed by atoms with van der Waals surface area (Å²) in [6, 6.07) is 1.95. The van der Waals surface area contributed by atoms with Gasteiger partial charge in [0.2, 0.25) is 0 Å². The SMILES string of the molecule is CC(=O)c1cc(CCS)cs1.CCC. The van der Waals surface area contributed by atoms with Gasteiger partial charge >= 0.3 is 0 Å². The van der Waals surface area contributed by atoms with Crippen LogP contribution in [0.5, 0.6) is 0 Å². The number of carbonyl (C=O) groups is 1. The molecule has 1 aromatic heterocycles. The molecule has 1 heterocycles. The van der Waals surface area contributed by atoms with Gasteiger partial charge in [-0.05, 0) is 36.1 Å². The summed E-state index contributed by atoms with van der Waals surface area (Å²) < 4.78 is 0. The summed E-state index contributed by atoms with van der Waals surface area (Å²) in [4.78, 5) is 11.7. The van der Waals surface area contributed by atoms with Crippen LogP contribution in [-0.4, -0.2) is 11.5 Å². The molecule has 1 rings (SSSR count). The maximum Gasteiger partial charge on any atom is 0.169 e. The van der Waals surface area contributed by atoms with E-state index in [1.165, 1.54) is 23.3 Å². The van der Waals surface area contributed by atoms with Crippen molar-refractivity contribution in [3.8, 4) is 0 Å². The van der Waals surface area contributed by atoms with Crippen LogP contribution < -0.4 is 0 Å². The van der Waals surface area contributed by atoms with Crippen LogP contribution in [0.25, 0.3) is 0 Å². The molecule has 0 fully saturated rings. The van der Waals surface area contributed by atoms with E-state index in [0.29, 0.717) is 0 Å². The Morgan fingerprint density at radius 1 is 1.50 bits per heavy atom. The van der Waals surface area contributed by atoms with E-state index in [1.54, 1.807) is 6.92 Å².